The standard InChI is InChI=1S/C6H16NO11P3/c1-4-2-5(8)6(16-4)3-7-19(9,10)17-21(14,15)18-20(11,12)13/h4-6,8H,2-3H2,1H3,(H,14,15)(H2,7,9,10)(H2,11,12,13)/t4-,5+,6+/m0/s1. The predicted molar refractivity (Wildman–Crippen MR) is 66.8 cm³/mol. The molecule has 2 unspecified atom stereocenters. The molecule has 1 saturated heterocycles. The molecule has 0 aromatic heterocycles. The van der Waals surface area contributed by atoms with Gasteiger partial charge in [-0.25, -0.2) is 18.8 Å². The number of aliphatic hydroxyl groups excluding tert-OH is 1. The van der Waals surface area contributed by atoms with Gasteiger partial charge in [0.1, 0.15) is 0 Å². The van der Waals surface area contributed by atoms with E-state index >= 15 is 0 Å². The maximum absolute atomic E-state index is 11.5. The number of aliphatic hydroxyl groups is 1. The minimum Gasteiger partial charge on any atom is -0.390 e. The predicted octanol–water partition coefficient (Wildman–Crippen LogP) is -0.559. The van der Waals surface area contributed by atoms with Crippen molar-refractivity contribution >= 4 is 23.4 Å². The molecule has 0 aromatic carbocycles. The van der Waals surface area contributed by atoms with Crippen molar-refractivity contribution < 1.29 is 51.7 Å². The Morgan fingerprint density at radius 1 is 1.19 bits per heavy atom. The molecule has 1 aliphatic rings. The number of hydrogen-bond donors (Lipinski definition) is 6. The van der Waals surface area contributed by atoms with E-state index in [4.69, 9.17) is 19.4 Å². The second-order valence-electron chi connectivity index (χ2n) is 4.29. The largest absolute Gasteiger partial charge is 0.489 e. The van der Waals surface area contributed by atoms with Gasteiger partial charge in [0.25, 0.3) is 0 Å². The van der Waals surface area contributed by atoms with Crippen LogP contribution in [-0.2, 0) is 27.1 Å². The van der Waals surface area contributed by atoms with E-state index in [9.17, 15) is 23.7 Å². The van der Waals surface area contributed by atoms with Crippen LogP contribution in [0.3, 0.4) is 0 Å². The highest BCUT2D eigenvalue weighted by Gasteiger charge is 2.40. The number of rotatable bonds is 7. The summed E-state index contributed by atoms with van der Waals surface area (Å²) in [6.45, 7) is 1.28. The zero-order chi connectivity index (χ0) is 16.5. The normalized spacial score (nSPS) is 32.6. The van der Waals surface area contributed by atoms with Crippen LogP contribution in [0.2, 0.25) is 0 Å². The van der Waals surface area contributed by atoms with E-state index in [1.165, 1.54) is 0 Å². The Hall–Kier alpha value is 0.330. The number of phosphoric acid groups is 2. The summed E-state index contributed by atoms with van der Waals surface area (Å²) in [6.07, 6.45) is -1.71. The van der Waals surface area contributed by atoms with Crippen molar-refractivity contribution in [3.63, 3.8) is 0 Å². The van der Waals surface area contributed by atoms with E-state index < -0.39 is 42.1 Å². The first-order valence-electron chi connectivity index (χ1n) is 5.52. The zero-order valence-electron chi connectivity index (χ0n) is 10.7. The number of ether oxygens (including phenoxy) is 1. The summed E-state index contributed by atoms with van der Waals surface area (Å²) in [5.41, 5.74) is 0. The lowest BCUT2D eigenvalue weighted by molar-refractivity contribution is 0.0193. The molecule has 0 bridgehead atoms. The van der Waals surface area contributed by atoms with E-state index in [1.54, 1.807) is 6.92 Å². The van der Waals surface area contributed by atoms with E-state index in [-0.39, 0.29) is 6.10 Å². The smallest absolute Gasteiger partial charge is 0.390 e. The molecule has 0 aromatic rings. The highest BCUT2D eigenvalue weighted by atomic mass is 31.3. The van der Waals surface area contributed by atoms with Gasteiger partial charge in [-0.3, -0.25) is 0 Å². The minimum atomic E-state index is -5.47. The first-order valence-corrected chi connectivity index (χ1v) is 10.1. The molecule has 0 amide bonds. The molecule has 15 heteroatoms. The van der Waals surface area contributed by atoms with E-state index in [0.717, 1.165) is 0 Å². The summed E-state index contributed by atoms with van der Waals surface area (Å²) >= 11 is 0. The molecular formula is C6H16NO11P3. The second-order valence-corrected chi connectivity index (χ2v) is 8.87. The Balaban J connectivity index is 2.56. The number of hydrogen-bond acceptors (Lipinski definition) is 7. The van der Waals surface area contributed by atoms with E-state index in [2.05, 4.69) is 8.62 Å². The Kier molecular flexibility index (Phi) is 6.31. The topological polar surface area (TPSA) is 192 Å². The summed E-state index contributed by atoms with van der Waals surface area (Å²) < 4.78 is 45.3. The van der Waals surface area contributed by atoms with Crippen molar-refractivity contribution in [2.75, 3.05) is 6.54 Å². The fraction of sp³-hybridized carbons (Fsp3) is 1.00. The lowest BCUT2D eigenvalue weighted by Crippen LogP contribution is -2.32. The molecule has 1 fully saturated rings. The molecule has 0 radical (unpaired) electrons. The molecular weight excluding hydrogens is 355 g/mol. The van der Waals surface area contributed by atoms with Gasteiger partial charge in [-0.15, -0.1) is 0 Å². The van der Waals surface area contributed by atoms with Crippen molar-refractivity contribution in [3.05, 3.63) is 0 Å². The van der Waals surface area contributed by atoms with Gasteiger partial charge < -0.3 is 29.4 Å². The van der Waals surface area contributed by atoms with Crippen LogP contribution in [0.25, 0.3) is 0 Å². The van der Waals surface area contributed by atoms with Crippen LogP contribution in [0.15, 0.2) is 0 Å². The summed E-state index contributed by atoms with van der Waals surface area (Å²) in [5.74, 6) is 0. The van der Waals surface area contributed by atoms with Gasteiger partial charge in [-0.2, -0.15) is 8.62 Å². The highest BCUT2D eigenvalue weighted by Crippen LogP contribution is 2.64. The fourth-order valence-corrected chi connectivity index (χ4v) is 4.87. The van der Waals surface area contributed by atoms with Gasteiger partial charge in [0.15, 0.2) is 0 Å². The lowest BCUT2D eigenvalue weighted by Gasteiger charge is -2.19. The van der Waals surface area contributed by atoms with E-state index in [0.29, 0.717) is 6.42 Å². The van der Waals surface area contributed by atoms with Crippen molar-refractivity contribution in [1.82, 2.24) is 5.09 Å². The van der Waals surface area contributed by atoms with Gasteiger partial charge in [0.2, 0.25) is 0 Å². The fourth-order valence-electron chi connectivity index (χ4n) is 1.64. The van der Waals surface area contributed by atoms with Crippen molar-refractivity contribution in [1.29, 1.82) is 0 Å². The highest BCUT2D eigenvalue weighted by molar-refractivity contribution is 7.67. The molecule has 126 valence electrons. The van der Waals surface area contributed by atoms with Gasteiger partial charge in [-0.05, 0) is 6.92 Å². The SMILES string of the molecule is C[C@H]1C[C@@H](O)[C@@H](CNP(=O)(O)OP(=O)(O)OP(=O)(O)O)O1. The minimum absolute atomic E-state index is 0.271. The molecule has 1 rings (SSSR count). The van der Waals surface area contributed by atoms with Crippen LogP contribution in [0, 0.1) is 0 Å². The van der Waals surface area contributed by atoms with Crippen LogP contribution in [0.5, 0.6) is 0 Å². The molecule has 1 heterocycles. The molecule has 0 saturated carbocycles. The summed E-state index contributed by atoms with van der Waals surface area (Å²) in [6, 6.07) is 0. The zero-order valence-corrected chi connectivity index (χ0v) is 13.4. The maximum atomic E-state index is 11.5. The molecule has 21 heavy (non-hydrogen) atoms. The monoisotopic (exact) mass is 371 g/mol. The molecule has 0 aliphatic carbocycles. The quantitative estimate of drug-likeness (QED) is 0.313. The lowest BCUT2D eigenvalue weighted by atomic mass is 10.1. The van der Waals surface area contributed by atoms with Gasteiger partial charge in [0, 0.05) is 13.0 Å². The van der Waals surface area contributed by atoms with Crippen LogP contribution in [-0.4, -0.2) is 49.5 Å². The Labute approximate surface area is 119 Å². The number of nitrogens with one attached hydrogen (secondary N) is 1. The van der Waals surface area contributed by atoms with Crippen molar-refractivity contribution in [2.45, 2.75) is 31.7 Å². The maximum Gasteiger partial charge on any atom is 0.489 e. The third kappa shape index (κ3) is 7.43. The molecule has 12 nitrogen and oxygen atoms in total. The summed E-state index contributed by atoms with van der Waals surface area (Å²) in [5, 5.41) is 11.4. The molecule has 0 spiro atoms. The second kappa shape index (κ2) is 6.84. The van der Waals surface area contributed by atoms with Crippen LogP contribution >= 0.6 is 23.4 Å². The summed E-state index contributed by atoms with van der Waals surface area (Å²) in [4.78, 5) is 34.9. The first kappa shape index (κ1) is 19.4. The van der Waals surface area contributed by atoms with Crippen LogP contribution < -0.4 is 5.09 Å². The van der Waals surface area contributed by atoms with Crippen molar-refractivity contribution in [3.8, 4) is 0 Å². The van der Waals surface area contributed by atoms with Gasteiger partial charge >= 0.3 is 23.4 Å². The van der Waals surface area contributed by atoms with Crippen molar-refractivity contribution in [2.24, 2.45) is 0 Å². The van der Waals surface area contributed by atoms with Crippen LogP contribution in [0.1, 0.15) is 13.3 Å². The average molecular weight is 371 g/mol. The van der Waals surface area contributed by atoms with Gasteiger partial charge in [-0.1, -0.05) is 0 Å². The Bertz CT molecular complexity index is 504. The molecule has 1 aliphatic heterocycles. The van der Waals surface area contributed by atoms with E-state index in [1.807, 2.05) is 5.09 Å². The molecule has 6 N–H and O–H groups in total. The summed E-state index contributed by atoms with van der Waals surface area (Å²) in [7, 11) is -15.8. The third-order valence-corrected chi connectivity index (χ3v) is 6.29. The van der Waals surface area contributed by atoms with Crippen LogP contribution in [0.4, 0.5) is 0 Å². The van der Waals surface area contributed by atoms with Gasteiger partial charge in [0.05, 0.1) is 18.3 Å². The molecule has 5 atom stereocenters. The Morgan fingerprint density at radius 2 is 1.76 bits per heavy atom. The Morgan fingerprint density at radius 3 is 2.19 bits per heavy atom. The average Bonchev–Trinajstić information content (AvgIpc) is 2.48. The third-order valence-electron chi connectivity index (χ3n) is 2.33. The first-order chi connectivity index (χ1) is 9.30.